The van der Waals surface area contributed by atoms with Crippen LogP contribution in [0.15, 0.2) is 22.7 Å². The second-order valence-electron chi connectivity index (χ2n) is 8.74. The molecule has 0 bridgehead atoms. The molecule has 0 atom stereocenters. The van der Waals surface area contributed by atoms with Gasteiger partial charge < -0.3 is 9.84 Å². The van der Waals surface area contributed by atoms with Crippen LogP contribution in [-0.4, -0.2) is 17.7 Å². The van der Waals surface area contributed by atoms with Crippen molar-refractivity contribution in [1.29, 1.82) is 0 Å². The minimum absolute atomic E-state index is 0.0552. The van der Waals surface area contributed by atoms with Gasteiger partial charge in [0.15, 0.2) is 0 Å². The molecule has 23 heavy (non-hydrogen) atoms. The molecule has 0 amide bonds. The molecule has 0 radical (unpaired) electrons. The summed E-state index contributed by atoms with van der Waals surface area (Å²) in [5.74, 6) is -0.189. The molecule has 1 aromatic rings. The molecule has 0 aliphatic rings. The Kier molecular flexibility index (Phi) is 5.95. The van der Waals surface area contributed by atoms with Crippen LogP contribution in [0.25, 0.3) is 0 Å². The van der Waals surface area contributed by atoms with E-state index in [9.17, 15) is 4.79 Å². The summed E-state index contributed by atoms with van der Waals surface area (Å²) in [5, 5.41) is 9.16. The van der Waals surface area contributed by atoms with Crippen LogP contribution in [0.4, 0.5) is 0 Å². The number of carboxylic acid groups (broad SMARTS) is 1. The molecular weight excluding hydrogens is 356 g/mol. The number of halogens is 1. The van der Waals surface area contributed by atoms with Crippen LogP contribution in [0.3, 0.4) is 0 Å². The summed E-state index contributed by atoms with van der Waals surface area (Å²) in [6.45, 7) is 14.7. The van der Waals surface area contributed by atoms with E-state index >= 15 is 0 Å². The molecule has 0 aliphatic carbocycles. The number of rotatable bonds is 6. The minimum atomic E-state index is -0.913. The standard InChI is InChI=1S/C19H29BrO3/c1-17(2,3)11-18(4,5)13-8-9-15(14(20)10-13)23-12-19(6,7)16(21)22/h8-10H,11-12H2,1-7H3,(H,21,22). The van der Waals surface area contributed by atoms with Crippen molar-refractivity contribution in [2.75, 3.05) is 6.61 Å². The quantitative estimate of drug-likeness (QED) is 0.688. The first-order valence-corrected chi connectivity index (χ1v) is 8.70. The molecule has 0 saturated heterocycles. The largest absolute Gasteiger partial charge is 0.491 e. The Hall–Kier alpha value is -1.03. The lowest BCUT2D eigenvalue weighted by atomic mass is 9.72. The number of benzene rings is 1. The molecule has 1 N–H and O–H groups in total. The van der Waals surface area contributed by atoms with Gasteiger partial charge in [0, 0.05) is 0 Å². The highest BCUT2D eigenvalue weighted by Crippen LogP contribution is 2.39. The summed E-state index contributed by atoms with van der Waals surface area (Å²) >= 11 is 3.55. The third kappa shape index (κ3) is 5.83. The molecule has 0 fully saturated rings. The summed E-state index contributed by atoms with van der Waals surface area (Å²) in [7, 11) is 0. The van der Waals surface area contributed by atoms with Crippen molar-refractivity contribution in [3.8, 4) is 5.75 Å². The Morgan fingerprint density at radius 3 is 2.13 bits per heavy atom. The topological polar surface area (TPSA) is 46.5 Å². The van der Waals surface area contributed by atoms with E-state index in [0.717, 1.165) is 10.9 Å². The van der Waals surface area contributed by atoms with Gasteiger partial charge in [-0.2, -0.15) is 0 Å². The minimum Gasteiger partial charge on any atom is -0.491 e. The van der Waals surface area contributed by atoms with Gasteiger partial charge in [-0.3, -0.25) is 4.79 Å². The maximum absolute atomic E-state index is 11.2. The van der Waals surface area contributed by atoms with Crippen LogP contribution in [0.1, 0.15) is 60.5 Å². The maximum atomic E-state index is 11.2. The lowest BCUT2D eigenvalue weighted by molar-refractivity contribution is -0.148. The van der Waals surface area contributed by atoms with Gasteiger partial charge in [0.25, 0.3) is 0 Å². The predicted octanol–water partition coefficient (Wildman–Crippen LogP) is 5.65. The number of carboxylic acids is 1. The fraction of sp³-hybridized carbons (Fsp3) is 0.632. The first kappa shape index (κ1) is 20.0. The molecule has 1 aromatic carbocycles. The van der Waals surface area contributed by atoms with Gasteiger partial charge in [-0.25, -0.2) is 0 Å². The highest BCUT2D eigenvalue weighted by Gasteiger charge is 2.30. The smallest absolute Gasteiger partial charge is 0.312 e. The normalized spacial score (nSPS) is 13.0. The molecule has 0 aliphatic heterocycles. The van der Waals surface area contributed by atoms with E-state index in [1.165, 1.54) is 5.56 Å². The summed E-state index contributed by atoms with van der Waals surface area (Å²) in [5.41, 5.74) is 0.629. The summed E-state index contributed by atoms with van der Waals surface area (Å²) < 4.78 is 6.56. The number of carbonyl (C=O) groups is 1. The Bertz CT molecular complexity index is 568. The number of hydrogen-bond donors (Lipinski definition) is 1. The van der Waals surface area contributed by atoms with Crippen LogP contribution >= 0.6 is 15.9 Å². The van der Waals surface area contributed by atoms with E-state index in [0.29, 0.717) is 5.75 Å². The molecule has 4 heteroatoms. The first-order valence-electron chi connectivity index (χ1n) is 7.91. The molecule has 1 rings (SSSR count). The summed E-state index contributed by atoms with van der Waals surface area (Å²) in [4.78, 5) is 11.2. The lowest BCUT2D eigenvalue weighted by Crippen LogP contribution is -2.30. The molecule has 0 heterocycles. The third-order valence-electron chi connectivity index (χ3n) is 3.85. The van der Waals surface area contributed by atoms with Crippen molar-refractivity contribution in [1.82, 2.24) is 0 Å². The second-order valence-corrected chi connectivity index (χ2v) is 9.60. The molecular formula is C19H29BrO3. The zero-order valence-electron chi connectivity index (χ0n) is 15.3. The van der Waals surface area contributed by atoms with E-state index in [4.69, 9.17) is 9.84 Å². The Morgan fingerprint density at radius 1 is 1.13 bits per heavy atom. The van der Waals surface area contributed by atoms with Crippen molar-refractivity contribution in [3.05, 3.63) is 28.2 Å². The van der Waals surface area contributed by atoms with Crippen LogP contribution < -0.4 is 4.74 Å². The summed E-state index contributed by atoms with van der Waals surface area (Å²) in [6.07, 6.45) is 1.07. The molecule has 0 spiro atoms. The van der Waals surface area contributed by atoms with Crippen molar-refractivity contribution in [2.45, 2.75) is 60.3 Å². The highest BCUT2D eigenvalue weighted by atomic mass is 79.9. The van der Waals surface area contributed by atoms with Crippen LogP contribution in [0.5, 0.6) is 5.75 Å². The van der Waals surface area contributed by atoms with Gasteiger partial charge in [-0.15, -0.1) is 0 Å². The van der Waals surface area contributed by atoms with Crippen molar-refractivity contribution in [2.24, 2.45) is 10.8 Å². The molecule has 0 saturated carbocycles. The zero-order valence-corrected chi connectivity index (χ0v) is 16.9. The fourth-order valence-corrected chi connectivity index (χ4v) is 3.28. The Morgan fingerprint density at radius 2 is 1.70 bits per heavy atom. The van der Waals surface area contributed by atoms with Crippen LogP contribution in [0, 0.1) is 10.8 Å². The van der Waals surface area contributed by atoms with E-state index < -0.39 is 11.4 Å². The van der Waals surface area contributed by atoms with E-state index in [-0.39, 0.29) is 17.4 Å². The molecule has 130 valence electrons. The Balaban J connectivity index is 2.92. The van der Waals surface area contributed by atoms with Gasteiger partial charge in [0.2, 0.25) is 0 Å². The fourth-order valence-electron chi connectivity index (χ4n) is 2.79. The average Bonchev–Trinajstić information content (AvgIpc) is 2.34. The van der Waals surface area contributed by atoms with E-state index in [1.807, 2.05) is 6.07 Å². The van der Waals surface area contributed by atoms with Crippen molar-refractivity contribution in [3.63, 3.8) is 0 Å². The van der Waals surface area contributed by atoms with Gasteiger partial charge in [0.05, 0.1) is 9.89 Å². The Labute approximate surface area is 148 Å². The van der Waals surface area contributed by atoms with Crippen LogP contribution in [-0.2, 0) is 10.2 Å². The van der Waals surface area contributed by atoms with Gasteiger partial charge >= 0.3 is 5.97 Å². The average molecular weight is 385 g/mol. The van der Waals surface area contributed by atoms with Crippen molar-refractivity contribution >= 4 is 21.9 Å². The monoisotopic (exact) mass is 384 g/mol. The summed E-state index contributed by atoms with van der Waals surface area (Å²) in [6, 6.07) is 6.07. The van der Waals surface area contributed by atoms with Crippen molar-refractivity contribution < 1.29 is 14.6 Å². The lowest BCUT2D eigenvalue weighted by Gasteiger charge is -2.33. The number of ether oxygens (including phenoxy) is 1. The highest BCUT2D eigenvalue weighted by molar-refractivity contribution is 9.10. The van der Waals surface area contributed by atoms with Gasteiger partial charge in [-0.1, -0.05) is 40.7 Å². The van der Waals surface area contributed by atoms with E-state index in [2.05, 4.69) is 62.7 Å². The van der Waals surface area contributed by atoms with E-state index in [1.54, 1.807) is 13.8 Å². The number of hydrogen-bond acceptors (Lipinski definition) is 2. The molecule has 3 nitrogen and oxygen atoms in total. The molecule has 0 aromatic heterocycles. The van der Waals surface area contributed by atoms with Crippen LogP contribution in [0.2, 0.25) is 0 Å². The second kappa shape index (κ2) is 6.84. The first-order chi connectivity index (χ1) is 10.2. The SMILES string of the molecule is CC(C)(C)CC(C)(C)c1ccc(OCC(C)(C)C(=O)O)c(Br)c1. The van der Waals surface area contributed by atoms with Gasteiger partial charge in [0.1, 0.15) is 12.4 Å². The van der Waals surface area contributed by atoms with Gasteiger partial charge in [-0.05, 0) is 64.7 Å². The number of aliphatic carboxylic acids is 1. The zero-order chi connectivity index (χ0) is 18.1. The maximum Gasteiger partial charge on any atom is 0.312 e. The third-order valence-corrected chi connectivity index (χ3v) is 4.47. The predicted molar refractivity (Wildman–Crippen MR) is 98.2 cm³/mol. The molecule has 0 unspecified atom stereocenters.